The Hall–Kier alpha value is -0.480. The monoisotopic (exact) mass is 249 g/mol. The van der Waals surface area contributed by atoms with E-state index in [0.717, 1.165) is 0 Å². The van der Waals surface area contributed by atoms with Crippen molar-refractivity contribution in [1.29, 1.82) is 0 Å². The summed E-state index contributed by atoms with van der Waals surface area (Å²) in [7, 11) is 0. The predicted octanol–water partition coefficient (Wildman–Crippen LogP) is 2.17. The van der Waals surface area contributed by atoms with Gasteiger partial charge in [-0.2, -0.15) is 0 Å². The Morgan fingerprint density at radius 1 is 1.27 bits per heavy atom. The SMILES string of the molecule is OCCCNCc1cc(Cl)cc(Cl)c1O. The number of phenols is 1. The molecule has 5 heteroatoms. The van der Waals surface area contributed by atoms with Crippen molar-refractivity contribution in [2.45, 2.75) is 13.0 Å². The molecule has 84 valence electrons. The zero-order chi connectivity index (χ0) is 11.3. The molecular formula is C10H13Cl2NO2. The zero-order valence-electron chi connectivity index (χ0n) is 8.13. The van der Waals surface area contributed by atoms with Crippen LogP contribution in [0.4, 0.5) is 0 Å². The molecule has 0 aromatic heterocycles. The van der Waals surface area contributed by atoms with Crippen LogP contribution in [0.25, 0.3) is 0 Å². The molecule has 1 aromatic carbocycles. The molecule has 0 saturated heterocycles. The normalized spacial score (nSPS) is 10.6. The van der Waals surface area contributed by atoms with E-state index < -0.39 is 0 Å². The highest BCUT2D eigenvalue weighted by atomic mass is 35.5. The number of nitrogens with one attached hydrogen (secondary N) is 1. The minimum absolute atomic E-state index is 0.0533. The van der Waals surface area contributed by atoms with Crippen LogP contribution in [0, 0.1) is 0 Å². The van der Waals surface area contributed by atoms with Crippen molar-refractivity contribution in [1.82, 2.24) is 5.32 Å². The Kier molecular flexibility index (Phi) is 5.19. The Morgan fingerprint density at radius 3 is 2.67 bits per heavy atom. The van der Waals surface area contributed by atoms with Gasteiger partial charge >= 0.3 is 0 Å². The summed E-state index contributed by atoms with van der Waals surface area (Å²) in [6, 6.07) is 3.16. The molecule has 1 aromatic rings. The van der Waals surface area contributed by atoms with Crippen molar-refractivity contribution in [3.05, 3.63) is 27.7 Å². The van der Waals surface area contributed by atoms with Crippen LogP contribution in [0.5, 0.6) is 5.75 Å². The van der Waals surface area contributed by atoms with E-state index in [9.17, 15) is 5.11 Å². The third-order valence-corrected chi connectivity index (χ3v) is 2.44. The summed E-state index contributed by atoms with van der Waals surface area (Å²) in [6.45, 7) is 1.31. The van der Waals surface area contributed by atoms with Gasteiger partial charge in [0.2, 0.25) is 0 Å². The number of phenolic OH excluding ortho intramolecular Hbond substituents is 1. The first-order chi connectivity index (χ1) is 7.15. The molecule has 0 fully saturated rings. The van der Waals surface area contributed by atoms with E-state index in [1.165, 1.54) is 6.07 Å². The van der Waals surface area contributed by atoms with Gasteiger partial charge in [-0.15, -0.1) is 0 Å². The van der Waals surface area contributed by atoms with Crippen LogP contribution in [0.1, 0.15) is 12.0 Å². The number of benzene rings is 1. The molecular weight excluding hydrogens is 237 g/mol. The molecule has 3 N–H and O–H groups in total. The molecule has 0 heterocycles. The molecule has 0 saturated carbocycles. The Labute approximate surface area is 98.6 Å². The number of aliphatic hydroxyl groups excluding tert-OH is 1. The minimum Gasteiger partial charge on any atom is -0.506 e. The van der Waals surface area contributed by atoms with E-state index in [2.05, 4.69) is 5.32 Å². The van der Waals surface area contributed by atoms with E-state index >= 15 is 0 Å². The summed E-state index contributed by atoms with van der Waals surface area (Å²) in [6.07, 6.45) is 0.676. The Morgan fingerprint density at radius 2 is 2.00 bits per heavy atom. The minimum atomic E-state index is 0.0533. The van der Waals surface area contributed by atoms with E-state index in [4.69, 9.17) is 28.3 Å². The highest BCUT2D eigenvalue weighted by molar-refractivity contribution is 6.35. The Balaban J connectivity index is 2.60. The van der Waals surface area contributed by atoms with Crippen molar-refractivity contribution < 1.29 is 10.2 Å². The van der Waals surface area contributed by atoms with Gasteiger partial charge in [-0.1, -0.05) is 23.2 Å². The first kappa shape index (κ1) is 12.6. The first-order valence-corrected chi connectivity index (χ1v) is 5.39. The van der Waals surface area contributed by atoms with Crippen molar-refractivity contribution >= 4 is 23.2 Å². The second-order valence-electron chi connectivity index (χ2n) is 3.15. The summed E-state index contributed by atoms with van der Waals surface area (Å²) < 4.78 is 0. The number of rotatable bonds is 5. The fourth-order valence-corrected chi connectivity index (χ4v) is 1.72. The fourth-order valence-electron chi connectivity index (χ4n) is 1.18. The third kappa shape index (κ3) is 3.87. The highest BCUT2D eigenvalue weighted by Crippen LogP contribution is 2.30. The summed E-state index contributed by atoms with van der Waals surface area (Å²) >= 11 is 11.6. The Bertz CT molecular complexity index is 331. The standard InChI is InChI=1S/C10H13Cl2NO2/c11-8-4-7(6-13-2-1-3-14)10(15)9(12)5-8/h4-5,13-15H,1-3,6H2. The summed E-state index contributed by atoms with van der Waals surface area (Å²) in [5.74, 6) is 0.0533. The van der Waals surface area contributed by atoms with E-state index in [1.54, 1.807) is 6.07 Å². The fraction of sp³-hybridized carbons (Fsp3) is 0.400. The maximum absolute atomic E-state index is 9.60. The van der Waals surface area contributed by atoms with Gasteiger partial charge in [-0.05, 0) is 25.1 Å². The lowest BCUT2D eigenvalue weighted by Crippen LogP contribution is -2.15. The molecule has 15 heavy (non-hydrogen) atoms. The topological polar surface area (TPSA) is 52.5 Å². The lowest BCUT2D eigenvalue weighted by atomic mass is 10.2. The van der Waals surface area contributed by atoms with Gasteiger partial charge in [-0.3, -0.25) is 0 Å². The molecule has 0 aliphatic rings. The lowest BCUT2D eigenvalue weighted by molar-refractivity contribution is 0.286. The van der Waals surface area contributed by atoms with Gasteiger partial charge in [0.25, 0.3) is 0 Å². The number of hydrogen-bond acceptors (Lipinski definition) is 3. The van der Waals surface area contributed by atoms with E-state index in [1.807, 2.05) is 0 Å². The summed E-state index contributed by atoms with van der Waals surface area (Å²) in [5.41, 5.74) is 0.658. The third-order valence-electron chi connectivity index (χ3n) is 1.93. The van der Waals surface area contributed by atoms with Crippen LogP contribution in [0.3, 0.4) is 0 Å². The van der Waals surface area contributed by atoms with Crippen LogP contribution in [0.15, 0.2) is 12.1 Å². The molecule has 1 rings (SSSR count). The second-order valence-corrected chi connectivity index (χ2v) is 3.99. The molecule has 0 unspecified atom stereocenters. The van der Waals surface area contributed by atoms with Crippen LogP contribution >= 0.6 is 23.2 Å². The average Bonchev–Trinajstić information content (AvgIpc) is 2.19. The molecule has 0 aliphatic heterocycles. The van der Waals surface area contributed by atoms with E-state index in [-0.39, 0.29) is 17.4 Å². The van der Waals surface area contributed by atoms with Crippen LogP contribution in [-0.4, -0.2) is 23.4 Å². The number of hydrogen-bond donors (Lipinski definition) is 3. The molecule has 3 nitrogen and oxygen atoms in total. The van der Waals surface area contributed by atoms with Gasteiger partial charge in [0.1, 0.15) is 5.75 Å². The molecule has 0 spiro atoms. The number of aliphatic hydroxyl groups is 1. The maximum atomic E-state index is 9.60. The molecule has 0 aliphatic carbocycles. The maximum Gasteiger partial charge on any atom is 0.138 e. The highest BCUT2D eigenvalue weighted by Gasteiger charge is 2.06. The van der Waals surface area contributed by atoms with Crippen LogP contribution in [0.2, 0.25) is 10.0 Å². The zero-order valence-corrected chi connectivity index (χ0v) is 9.65. The lowest BCUT2D eigenvalue weighted by Gasteiger charge is -2.08. The molecule has 0 amide bonds. The summed E-state index contributed by atoms with van der Waals surface area (Å²) in [5, 5.41) is 22.0. The molecule has 0 radical (unpaired) electrons. The van der Waals surface area contributed by atoms with Crippen molar-refractivity contribution in [2.24, 2.45) is 0 Å². The predicted molar refractivity (Wildman–Crippen MR) is 61.5 cm³/mol. The average molecular weight is 250 g/mol. The van der Waals surface area contributed by atoms with Crippen LogP contribution < -0.4 is 5.32 Å². The van der Waals surface area contributed by atoms with Gasteiger partial charge in [-0.25, -0.2) is 0 Å². The van der Waals surface area contributed by atoms with Crippen LogP contribution in [-0.2, 0) is 6.54 Å². The largest absolute Gasteiger partial charge is 0.506 e. The summed E-state index contributed by atoms with van der Waals surface area (Å²) in [4.78, 5) is 0. The van der Waals surface area contributed by atoms with Crippen molar-refractivity contribution in [2.75, 3.05) is 13.2 Å². The van der Waals surface area contributed by atoms with E-state index in [0.29, 0.717) is 30.1 Å². The van der Waals surface area contributed by atoms with Gasteiger partial charge in [0.05, 0.1) is 5.02 Å². The first-order valence-electron chi connectivity index (χ1n) is 4.63. The van der Waals surface area contributed by atoms with Gasteiger partial charge in [0.15, 0.2) is 0 Å². The van der Waals surface area contributed by atoms with Gasteiger partial charge in [0, 0.05) is 23.7 Å². The number of halogens is 2. The van der Waals surface area contributed by atoms with Crippen molar-refractivity contribution in [3.8, 4) is 5.75 Å². The smallest absolute Gasteiger partial charge is 0.138 e. The van der Waals surface area contributed by atoms with Gasteiger partial charge < -0.3 is 15.5 Å². The second kappa shape index (κ2) is 6.18. The molecule has 0 bridgehead atoms. The molecule has 0 atom stereocenters. The quantitative estimate of drug-likeness (QED) is 0.702. The number of aromatic hydroxyl groups is 1. The van der Waals surface area contributed by atoms with Crippen molar-refractivity contribution in [3.63, 3.8) is 0 Å².